The fraction of sp³-hybridized carbons (Fsp3) is 0.464. The van der Waals surface area contributed by atoms with Gasteiger partial charge in [0.2, 0.25) is 5.88 Å². The van der Waals surface area contributed by atoms with Crippen molar-refractivity contribution in [3.05, 3.63) is 65.3 Å². The van der Waals surface area contributed by atoms with Crippen molar-refractivity contribution in [2.45, 2.75) is 32.4 Å². The molecular weight excluding hydrogens is 477 g/mol. The second kappa shape index (κ2) is 12.3. The van der Waals surface area contributed by atoms with Crippen molar-refractivity contribution in [2.24, 2.45) is 5.92 Å². The minimum atomic E-state index is -0.636. The highest BCUT2D eigenvalue weighted by atomic mass is 19.1. The van der Waals surface area contributed by atoms with E-state index in [1.807, 2.05) is 19.1 Å². The summed E-state index contributed by atoms with van der Waals surface area (Å²) in [5.41, 5.74) is 1.94. The molecular formula is C28H36FN3O5. The third kappa shape index (κ3) is 6.17. The van der Waals surface area contributed by atoms with E-state index < -0.39 is 6.17 Å². The molecule has 1 amide bonds. The van der Waals surface area contributed by atoms with E-state index in [2.05, 4.69) is 10.2 Å². The minimum Gasteiger partial charge on any atom is -0.494 e. The van der Waals surface area contributed by atoms with E-state index in [1.54, 1.807) is 37.3 Å². The Labute approximate surface area is 217 Å². The first-order chi connectivity index (χ1) is 17.9. The first-order valence-corrected chi connectivity index (χ1v) is 12.7. The number of likely N-dealkylation sites (tertiary alicyclic amines) is 1. The van der Waals surface area contributed by atoms with Crippen LogP contribution in [0.15, 0.2) is 53.9 Å². The molecule has 1 atom stereocenters. The number of aliphatic hydroxyl groups is 1. The van der Waals surface area contributed by atoms with Crippen molar-refractivity contribution in [1.82, 2.24) is 10.2 Å². The first-order valence-electron chi connectivity index (χ1n) is 12.7. The van der Waals surface area contributed by atoms with Crippen molar-refractivity contribution in [3.63, 3.8) is 0 Å². The molecule has 1 saturated heterocycles. The van der Waals surface area contributed by atoms with Crippen LogP contribution < -0.4 is 19.7 Å². The summed E-state index contributed by atoms with van der Waals surface area (Å²) in [5, 5.41) is 14.5. The van der Waals surface area contributed by atoms with Gasteiger partial charge in [-0.3, -0.25) is 14.6 Å². The number of nitrogens with zero attached hydrogens (tertiary/aromatic N) is 2. The lowest BCUT2D eigenvalue weighted by Crippen LogP contribution is -2.57. The number of methoxy groups -OCH3 is 2. The Morgan fingerprint density at radius 1 is 1.05 bits per heavy atom. The van der Waals surface area contributed by atoms with Gasteiger partial charge in [0.15, 0.2) is 0 Å². The molecule has 2 aliphatic rings. The summed E-state index contributed by atoms with van der Waals surface area (Å²) in [4.78, 5) is 17.0. The fourth-order valence-corrected chi connectivity index (χ4v) is 5.04. The van der Waals surface area contributed by atoms with Crippen molar-refractivity contribution in [1.29, 1.82) is 0 Å². The average Bonchev–Trinajstić information content (AvgIpc) is 2.91. The van der Waals surface area contributed by atoms with Crippen LogP contribution in [0.5, 0.6) is 11.5 Å². The predicted octanol–water partition coefficient (Wildman–Crippen LogP) is 3.87. The molecule has 9 heteroatoms. The highest BCUT2D eigenvalue weighted by Crippen LogP contribution is 2.41. The number of hydrogen-bond donors (Lipinski definition) is 2. The van der Waals surface area contributed by atoms with Crippen LogP contribution in [-0.4, -0.2) is 69.1 Å². The smallest absolute Gasteiger partial charge is 0.255 e. The maximum atomic E-state index is 13.2. The largest absolute Gasteiger partial charge is 0.494 e. The lowest BCUT2D eigenvalue weighted by atomic mass is 9.90. The summed E-state index contributed by atoms with van der Waals surface area (Å²) in [6.45, 7) is 4.44. The van der Waals surface area contributed by atoms with Crippen molar-refractivity contribution in [3.8, 4) is 11.5 Å². The van der Waals surface area contributed by atoms with Gasteiger partial charge in [-0.05, 0) is 75.0 Å². The molecule has 8 nitrogen and oxygen atoms in total. The van der Waals surface area contributed by atoms with Crippen LogP contribution in [0.2, 0.25) is 0 Å². The zero-order chi connectivity index (χ0) is 26.4. The SMILES string of the molecule is CCOCC1NC(=O)C(CN2CCC(Cc3ccc(F)cc3)CC2)=C(O)N1c1c(OC)cccc1OC. The van der Waals surface area contributed by atoms with Crippen LogP contribution in [0.1, 0.15) is 25.3 Å². The van der Waals surface area contributed by atoms with Gasteiger partial charge in [0.25, 0.3) is 5.91 Å². The topological polar surface area (TPSA) is 83.5 Å². The van der Waals surface area contributed by atoms with E-state index in [4.69, 9.17) is 14.2 Å². The number of aliphatic hydroxyl groups excluding tert-OH is 1. The lowest BCUT2D eigenvalue weighted by Gasteiger charge is -2.40. The maximum absolute atomic E-state index is 13.2. The van der Waals surface area contributed by atoms with E-state index in [-0.39, 0.29) is 29.8 Å². The summed E-state index contributed by atoms with van der Waals surface area (Å²) in [6.07, 6.45) is 2.19. The number of para-hydroxylation sites is 1. The zero-order valence-corrected chi connectivity index (χ0v) is 21.7. The molecule has 0 bridgehead atoms. The average molecular weight is 514 g/mol. The number of rotatable bonds is 10. The summed E-state index contributed by atoms with van der Waals surface area (Å²) in [7, 11) is 3.10. The minimum absolute atomic E-state index is 0.135. The van der Waals surface area contributed by atoms with Gasteiger partial charge in [0.1, 0.15) is 29.2 Å². The predicted molar refractivity (Wildman–Crippen MR) is 139 cm³/mol. The van der Waals surface area contributed by atoms with Crippen LogP contribution in [-0.2, 0) is 16.0 Å². The van der Waals surface area contributed by atoms with Crippen molar-refractivity contribution >= 4 is 11.6 Å². The van der Waals surface area contributed by atoms with Crippen LogP contribution in [0, 0.1) is 11.7 Å². The summed E-state index contributed by atoms with van der Waals surface area (Å²) >= 11 is 0. The van der Waals surface area contributed by atoms with E-state index in [9.17, 15) is 14.3 Å². The normalized spacial score (nSPS) is 19.2. The molecule has 1 fully saturated rings. The molecule has 2 aliphatic heterocycles. The van der Waals surface area contributed by atoms with Crippen LogP contribution in [0.3, 0.4) is 0 Å². The van der Waals surface area contributed by atoms with Crippen LogP contribution >= 0.6 is 0 Å². The Morgan fingerprint density at radius 3 is 2.30 bits per heavy atom. The fourth-order valence-electron chi connectivity index (χ4n) is 5.04. The van der Waals surface area contributed by atoms with E-state index in [0.717, 1.165) is 37.9 Å². The molecule has 0 radical (unpaired) electrons. The highest BCUT2D eigenvalue weighted by molar-refractivity contribution is 5.97. The Morgan fingerprint density at radius 2 is 1.70 bits per heavy atom. The van der Waals surface area contributed by atoms with Gasteiger partial charge in [-0.1, -0.05) is 18.2 Å². The van der Waals surface area contributed by atoms with Gasteiger partial charge in [-0.15, -0.1) is 0 Å². The molecule has 37 heavy (non-hydrogen) atoms. The second-order valence-electron chi connectivity index (χ2n) is 9.38. The monoisotopic (exact) mass is 513 g/mol. The molecule has 200 valence electrons. The van der Waals surface area contributed by atoms with E-state index >= 15 is 0 Å². The third-order valence-corrected chi connectivity index (χ3v) is 7.03. The molecule has 2 aromatic rings. The summed E-state index contributed by atoms with van der Waals surface area (Å²) in [6, 6.07) is 12.1. The Hall–Kier alpha value is -3.30. The van der Waals surface area contributed by atoms with Gasteiger partial charge in [0, 0.05) is 13.2 Å². The number of carbonyl (C=O) groups is 1. The number of anilines is 1. The van der Waals surface area contributed by atoms with Gasteiger partial charge < -0.3 is 24.6 Å². The van der Waals surface area contributed by atoms with Gasteiger partial charge in [-0.25, -0.2) is 4.39 Å². The van der Waals surface area contributed by atoms with E-state index in [0.29, 0.717) is 36.3 Å². The van der Waals surface area contributed by atoms with Gasteiger partial charge >= 0.3 is 0 Å². The lowest BCUT2D eigenvalue weighted by molar-refractivity contribution is -0.119. The Bertz CT molecular complexity index is 1080. The number of hydrogen-bond acceptors (Lipinski definition) is 7. The van der Waals surface area contributed by atoms with Gasteiger partial charge in [-0.2, -0.15) is 0 Å². The number of benzene rings is 2. The molecule has 0 spiro atoms. The first kappa shape index (κ1) is 26.8. The number of nitrogens with one attached hydrogen (secondary N) is 1. The molecule has 1 unspecified atom stereocenters. The maximum Gasteiger partial charge on any atom is 0.255 e. The number of ether oxygens (including phenoxy) is 3. The Kier molecular flexibility index (Phi) is 8.89. The molecule has 2 heterocycles. The number of piperidine rings is 1. The Balaban J connectivity index is 1.53. The highest BCUT2D eigenvalue weighted by Gasteiger charge is 2.38. The number of amides is 1. The van der Waals surface area contributed by atoms with Crippen molar-refractivity contribution < 1.29 is 28.5 Å². The van der Waals surface area contributed by atoms with Crippen LogP contribution in [0.25, 0.3) is 0 Å². The quantitative estimate of drug-likeness (QED) is 0.499. The third-order valence-electron chi connectivity index (χ3n) is 7.03. The number of carbonyl (C=O) groups excluding carboxylic acids is 1. The number of halogens is 1. The van der Waals surface area contributed by atoms with Gasteiger partial charge in [0.05, 0.1) is 26.4 Å². The van der Waals surface area contributed by atoms with E-state index in [1.165, 1.54) is 12.1 Å². The van der Waals surface area contributed by atoms with Crippen LogP contribution in [0.4, 0.5) is 10.1 Å². The summed E-state index contributed by atoms with van der Waals surface area (Å²) in [5.74, 6) is 0.828. The standard InChI is InChI=1S/C28H36FN3O5/c1-4-37-18-25-30-27(33)22(28(34)32(25)26-23(35-2)6-5-7-24(26)36-3)17-31-14-12-20(13-15-31)16-19-8-10-21(29)11-9-19/h5-11,20,25,34H,4,12-18H2,1-3H3,(H,30,33). The molecule has 0 aliphatic carbocycles. The molecule has 2 aromatic carbocycles. The molecule has 0 aromatic heterocycles. The molecule has 4 rings (SSSR count). The molecule has 0 saturated carbocycles. The second-order valence-corrected chi connectivity index (χ2v) is 9.38. The zero-order valence-electron chi connectivity index (χ0n) is 21.7. The van der Waals surface area contributed by atoms with Crippen molar-refractivity contribution in [2.75, 3.05) is 52.0 Å². The summed E-state index contributed by atoms with van der Waals surface area (Å²) < 4.78 is 30.0. The molecule has 2 N–H and O–H groups in total.